The van der Waals surface area contributed by atoms with Gasteiger partial charge in [-0.3, -0.25) is 4.79 Å². The minimum atomic E-state index is -3.31. The van der Waals surface area contributed by atoms with Crippen LogP contribution in [-0.2, 0) is 28.0 Å². The van der Waals surface area contributed by atoms with Gasteiger partial charge in [-0.1, -0.05) is 38.1 Å². The molecule has 0 amide bonds. The van der Waals surface area contributed by atoms with Crippen LogP contribution in [0, 0.1) is 0 Å². The lowest BCUT2D eigenvalue weighted by Crippen LogP contribution is -2.24. The lowest BCUT2D eigenvalue weighted by Gasteiger charge is -2.16. The number of rotatable bonds is 5. The third-order valence-electron chi connectivity index (χ3n) is 4.61. The minimum absolute atomic E-state index is 0.190. The monoisotopic (exact) mass is 429 g/mol. The maximum Gasteiger partial charge on any atom is 0.355 e. The number of benzene rings is 2. The van der Waals surface area contributed by atoms with Gasteiger partial charge < -0.3 is 9.30 Å². The van der Waals surface area contributed by atoms with E-state index >= 15 is 0 Å². The number of hydrogen-bond donors (Lipinski definition) is 0. The number of nitrogens with zero attached hydrogens (tertiary/aromatic N) is 1. The zero-order valence-electron chi connectivity index (χ0n) is 17.9. The number of sulfone groups is 1. The Hall–Kier alpha value is -2.93. The fraction of sp³-hybridized carbons (Fsp3) is 0.304. The summed E-state index contributed by atoms with van der Waals surface area (Å²) in [4.78, 5) is 25.9. The summed E-state index contributed by atoms with van der Waals surface area (Å²) in [7, 11) is -1.58. The Bertz CT molecular complexity index is 1210. The van der Waals surface area contributed by atoms with Crippen LogP contribution >= 0.6 is 0 Å². The number of aromatic nitrogens is 1. The Labute approximate surface area is 177 Å². The van der Waals surface area contributed by atoms with Crippen molar-refractivity contribution in [3.63, 3.8) is 0 Å². The van der Waals surface area contributed by atoms with Crippen molar-refractivity contribution in [1.82, 2.24) is 4.57 Å². The molecule has 2 aromatic carbocycles. The van der Waals surface area contributed by atoms with Gasteiger partial charge in [0, 0.05) is 30.7 Å². The number of carbonyl (C=O) groups excluding carboxylic acids is 1. The first kappa shape index (κ1) is 23.3. The van der Waals surface area contributed by atoms with Gasteiger partial charge in [-0.25, -0.2) is 13.2 Å². The molecule has 0 radical (unpaired) electrons. The van der Waals surface area contributed by atoms with E-state index in [1.54, 1.807) is 54.9 Å². The van der Waals surface area contributed by atoms with E-state index < -0.39 is 15.8 Å². The number of ether oxygens (including phenoxy) is 1. The predicted octanol–water partition coefficient (Wildman–Crippen LogP) is 3.74. The van der Waals surface area contributed by atoms with Crippen LogP contribution in [0.5, 0.6) is 0 Å². The van der Waals surface area contributed by atoms with Gasteiger partial charge in [0.25, 0.3) is 0 Å². The Balaban J connectivity index is 0.00000155. The predicted molar refractivity (Wildman–Crippen MR) is 119 cm³/mol. The Morgan fingerprint density at radius 1 is 1.03 bits per heavy atom. The maximum absolute atomic E-state index is 13.1. The standard InChI is InChI=1S/C21H21NO5S.C2H6/c1-4-27-21(24)19-17(13-14-9-11-15(12-10-14)28(3,25)26)20(23)16-7-5-6-8-18(16)22(19)2;1-2/h5-12H,4,13H2,1-3H3;1-2H3. The zero-order valence-corrected chi connectivity index (χ0v) is 18.7. The van der Waals surface area contributed by atoms with E-state index in [2.05, 4.69) is 0 Å². The molecule has 6 nitrogen and oxygen atoms in total. The molecule has 0 aliphatic carbocycles. The van der Waals surface area contributed by atoms with Gasteiger partial charge in [0.05, 0.1) is 17.0 Å². The molecule has 1 aromatic heterocycles. The van der Waals surface area contributed by atoms with Crippen molar-refractivity contribution in [2.24, 2.45) is 7.05 Å². The summed E-state index contributed by atoms with van der Waals surface area (Å²) in [6.07, 6.45) is 1.33. The van der Waals surface area contributed by atoms with Gasteiger partial charge in [-0.2, -0.15) is 0 Å². The summed E-state index contributed by atoms with van der Waals surface area (Å²) >= 11 is 0. The van der Waals surface area contributed by atoms with E-state index in [-0.39, 0.29) is 29.0 Å². The molecular formula is C23H27NO5S. The van der Waals surface area contributed by atoms with Crippen LogP contribution in [0.3, 0.4) is 0 Å². The summed E-state index contributed by atoms with van der Waals surface area (Å²) in [6.45, 7) is 5.91. The second kappa shape index (κ2) is 9.71. The molecule has 0 atom stereocenters. The van der Waals surface area contributed by atoms with Gasteiger partial charge in [-0.15, -0.1) is 0 Å². The molecule has 3 aromatic rings. The minimum Gasteiger partial charge on any atom is -0.461 e. The molecule has 0 N–H and O–H groups in total. The summed E-state index contributed by atoms with van der Waals surface area (Å²) in [5.74, 6) is -0.560. The highest BCUT2D eigenvalue weighted by atomic mass is 32.2. The van der Waals surface area contributed by atoms with Gasteiger partial charge in [0.15, 0.2) is 15.3 Å². The summed E-state index contributed by atoms with van der Waals surface area (Å²) in [6, 6.07) is 13.4. The van der Waals surface area contributed by atoms with E-state index in [0.29, 0.717) is 16.5 Å². The molecule has 3 rings (SSSR count). The van der Waals surface area contributed by atoms with Gasteiger partial charge in [0.2, 0.25) is 0 Å². The van der Waals surface area contributed by atoms with Gasteiger partial charge >= 0.3 is 5.97 Å². The maximum atomic E-state index is 13.1. The molecule has 0 spiro atoms. The van der Waals surface area contributed by atoms with Crippen LogP contribution < -0.4 is 5.43 Å². The first-order valence-corrected chi connectivity index (χ1v) is 11.7. The smallest absolute Gasteiger partial charge is 0.355 e. The highest BCUT2D eigenvalue weighted by molar-refractivity contribution is 7.90. The Morgan fingerprint density at radius 2 is 1.63 bits per heavy atom. The molecule has 0 bridgehead atoms. The first-order valence-electron chi connectivity index (χ1n) is 9.80. The summed E-state index contributed by atoms with van der Waals surface area (Å²) in [5, 5.41) is 0.515. The van der Waals surface area contributed by atoms with Crippen LogP contribution in [0.4, 0.5) is 0 Å². The molecule has 30 heavy (non-hydrogen) atoms. The van der Waals surface area contributed by atoms with Crippen LogP contribution in [0.1, 0.15) is 42.4 Å². The van der Waals surface area contributed by atoms with Crippen LogP contribution in [0.25, 0.3) is 10.9 Å². The molecule has 0 saturated carbocycles. The second-order valence-corrected chi connectivity index (χ2v) is 8.56. The van der Waals surface area contributed by atoms with Crippen molar-refractivity contribution in [2.75, 3.05) is 12.9 Å². The van der Waals surface area contributed by atoms with Crippen LogP contribution in [-0.4, -0.2) is 31.8 Å². The van der Waals surface area contributed by atoms with E-state index in [0.717, 1.165) is 11.8 Å². The number of hydrogen-bond acceptors (Lipinski definition) is 5. The molecule has 7 heteroatoms. The van der Waals surface area contributed by atoms with E-state index in [1.165, 1.54) is 12.1 Å². The number of esters is 1. The van der Waals surface area contributed by atoms with Crippen molar-refractivity contribution in [2.45, 2.75) is 32.1 Å². The van der Waals surface area contributed by atoms with Crippen molar-refractivity contribution in [3.05, 3.63) is 75.6 Å². The molecule has 0 aliphatic heterocycles. The first-order chi connectivity index (χ1) is 14.2. The molecule has 0 fully saturated rings. The van der Waals surface area contributed by atoms with E-state index in [9.17, 15) is 18.0 Å². The van der Waals surface area contributed by atoms with Crippen LogP contribution in [0.2, 0.25) is 0 Å². The molecule has 160 valence electrons. The number of aryl methyl sites for hydroxylation is 1. The van der Waals surface area contributed by atoms with Crippen molar-refractivity contribution in [3.8, 4) is 0 Å². The fourth-order valence-electron chi connectivity index (χ4n) is 3.23. The van der Waals surface area contributed by atoms with Crippen molar-refractivity contribution in [1.29, 1.82) is 0 Å². The number of carbonyl (C=O) groups is 1. The fourth-order valence-corrected chi connectivity index (χ4v) is 3.86. The largest absolute Gasteiger partial charge is 0.461 e. The molecule has 1 heterocycles. The number of para-hydroxylation sites is 1. The van der Waals surface area contributed by atoms with Gasteiger partial charge in [0.1, 0.15) is 5.69 Å². The normalized spacial score (nSPS) is 11.0. The Morgan fingerprint density at radius 3 is 2.20 bits per heavy atom. The van der Waals surface area contributed by atoms with Crippen molar-refractivity contribution < 1.29 is 17.9 Å². The van der Waals surface area contributed by atoms with Gasteiger partial charge in [-0.05, 0) is 36.8 Å². The molecule has 0 saturated heterocycles. The highest BCUT2D eigenvalue weighted by Crippen LogP contribution is 2.20. The number of fused-ring (bicyclic) bond motifs is 1. The lowest BCUT2D eigenvalue weighted by molar-refractivity contribution is 0.0513. The van der Waals surface area contributed by atoms with E-state index in [4.69, 9.17) is 4.74 Å². The summed E-state index contributed by atoms with van der Waals surface area (Å²) < 4.78 is 30.1. The third-order valence-corrected chi connectivity index (χ3v) is 5.74. The topological polar surface area (TPSA) is 82.4 Å². The Kier molecular flexibility index (Phi) is 7.56. The highest BCUT2D eigenvalue weighted by Gasteiger charge is 2.22. The molecular weight excluding hydrogens is 402 g/mol. The third kappa shape index (κ3) is 4.79. The van der Waals surface area contributed by atoms with Crippen LogP contribution in [0.15, 0.2) is 58.2 Å². The quantitative estimate of drug-likeness (QED) is 0.577. The van der Waals surface area contributed by atoms with E-state index in [1.807, 2.05) is 13.8 Å². The zero-order chi connectivity index (χ0) is 22.5. The molecule has 0 aliphatic rings. The average molecular weight is 430 g/mol. The number of pyridine rings is 1. The SMILES string of the molecule is CC.CCOC(=O)c1c(Cc2ccc(S(C)(=O)=O)cc2)c(=O)c2ccccc2n1C. The lowest BCUT2D eigenvalue weighted by atomic mass is 10.00. The second-order valence-electron chi connectivity index (χ2n) is 6.55. The van der Waals surface area contributed by atoms with Crippen molar-refractivity contribution >= 4 is 26.7 Å². The molecule has 0 unspecified atom stereocenters. The summed E-state index contributed by atoms with van der Waals surface area (Å²) in [5.41, 5.74) is 1.67. The average Bonchev–Trinajstić information content (AvgIpc) is 2.73.